The number of carbonyl (C=O) groups is 1. The molecule has 0 aliphatic carbocycles. The summed E-state index contributed by atoms with van der Waals surface area (Å²) >= 11 is 0. The Morgan fingerprint density at radius 3 is 2.92 bits per heavy atom. The molecule has 64 valence electrons. The molecule has 0 saturated heterocycles. The normalized spacial score (nSPS) is 9.85. The second kappa shape index (κ2) is 3.14. The van der Waals surface area contributed by atoms with Crippen molar-refractivity contribution in [1.82, 2.24) is 19.7 Å². The summed E-state index contributed by atoms with van der Waals surface area (Å²) in [6.07, 6.45) is 6.82. The van der Waals surface area contributed by atoms with Crippen LogP contribution in [-0.4, -0.2) is 26.0 Å². The first-order valence-corrected chi connectivity index (χ1v) is 3.65. The van der Waals surface area contributed by atoms with E-state index in [-0.39, 0.29) is 0 Å². The number of hydrogen-bond acceptors (Lipinski definition) is 4. The molecule has 0 spiro atoms. The summed E-state index contributed by atoms with van der Waals surface area (Å²) in [6.45, 7) is 0. The highest BCUT2D eigenvalue weighted by molar-refractivity contribution is 5.75. The first-order valence-electron chi connectivity index (χ1n) is 3.65. The molecular formula is C8H6N4O. The van der Waals surface area contributed by atoms with Crippen LogP contribution in [0.1, 0.15) is 10.4 Å². The molecule has 0 bridgehead atoms. The van der Waals surface area contributed by atoms with Crippen molar-refractivity contribution in [2.24, 2.45) is 0 Å². The molecule has 0 aliphatic rings. The zero-order valence-corrected chi connectivity index (χ0v) is 6.66. The van der Waals surface area contributed by atoms with Gasteiger partial charge in [0.05, 0.1) is 11.9 Å². The predicted octanol–water partition coefficient (Wildman–Crippen LogP) is 0.475. The molecular weight excluding hydrogens is 168 g/mol. The summed E-state index contributed by atoms with van der Waals surface area (Å²) < 4.78 is 1.54. The van der Waals surface area contributed by atoms with Crippen LogP contribution < -0.4 is 0 Å². The van der Waals surface area contributed by atoms with Crippen LogP contribution in [-0.2, 0) is 0 Å². The zero-order valence-electron chi connectivity index (χ0n) is 6.66. The van der Waals surface area contributed by atoms with Gasteiger partial charge in [-0.2, -0.15) is 5.10 Å². The van der Waals surface area contributed by atoms with Crippen molar-refractivity contribution in [1.29, 1.82) is 0 Å². The van der Waals surface area contributed by atoms with Crippen molar-refractivity contribution >= 4 is 6.29 Å². The van der Waals surface area contributed by atoms with Gasteiger partial charge in [0.15, 0.2) is 6.29 Å². The molecule has 0 atom stereocenters. The van der Waals surface area contributed by atoms with Gasteiger partial charge in [-0.25, -0.2) is 9.67 Å². The van der Waals surface area contributed by atoms with Crippen LogP contribution >= 0.6 is 0 Å². The Kier molecular flexibility index (Phi) is 1.84. The Bertz CT molecular complexity index is 410. The number of pyridine rings is 1. The van der Waals surface area contributed by atoms with E-state index in [2.05, 4.69) is 15.1 Å². The Hall–Kier alpha value is -2.04. The van der Waals surface area contributed by atoms with Crippen LogP contribution in [0.25, 0.3) is 5.69 Å². The quantitative estimate of drug-likeness (QED) is 0.621. The Balaban J connectivity index is 2.47. The minimum Gasteiger partial charge on any atom is -0.298 e. The van der Waals surface area contributed by atoms with E-state index >= 15 is 0 Å². The van der Waals surface area contributed by atoms with Gasteiger partial charge in [0, 0.05) is 11.8 Å². The third kappa shape index (κ3) is 1.44. The van der Waals surface area contributed by atoms with E-state index < -0.39 is 0 Å². The van der Waals surface area contributed by atoms with Crippen LogP contribution in [0.3, 0.4) is 0 Å². The van der Waals surface area contributed by atoms with Crippen LogP contribution in [0, 0.1) is 0 Å². The van der Waals surface area contributed by atoms with Crippen molar-refractivity contribution in [2.75, 3.05) is 0 Å². The molecule has 2 heterocycles. The molecule has 0 amide bonds. The van der Waals surface area contributed by atoms with Gasteiger partial charge in [-0.1, -0.05) is 0 Å². The van der Waals surface area contributed by atoms with Gasteiger partial charge in [0.25, 0.3) is 0 Å². The van der Waals surface area contributed by atoms with Crippen molar-refractivity contribution < 1.29 is 4.79 Å². The first-order chi connectivity index (χ1) is 6.40. The van der Waals surface area contributed by atoms with E-state index in [4.69, 9.17) is 0 Å². The molecule has 0 unspecified atom stereocenters. The molecule has 0 fully saturated rings. The SMILES string of the molecule is O=Cc1cncc(-n2cncn2)c1. The van der Waals surface area contributed by atoms with Gasteiger partial charge >= 0.3 is 0 Å². The maximum atomic E-state index is 10.4. The second-order valence-corrected chi connectivity index (χ2v) is 2.43. The third-order valence-corrected chi connectivity index (χ3v) is 1.56. The van der Waals surface area contributed by atoms with E-state index in [1.165, 1.54) is 12.5 Å². The summed E-state index contributed by atoms with van der Waals surface area (Å²) in [6, 6.07) is 1.69. The molecule has 5 nitrogen and oxygen atoms in total. The van der Waals surface area contributed by atoms with Crippen LogP contribution in [0.5, 0.6) is 0 Å². The average Bonchev–Trinajstić information content (AvgIpc) is 2.71. The Morgan fingerprint density at radius 1 is 1.31 bits per heavy atom. The van der Waals surface area contributed by atoms with Gasteiger partial charge in [-0.3, -0.25) is 9.78 Å². The predicted molar refractivity (Wildman–Crippen MR) is 44.5 cm³/mol. The number of rotatable bonds is 2. The van der Waals surface area contributed by atoms with Gasteiger partial charge in [0.1, 0.15) is 12.7 Å². The summed E-state index contributed by atoms with van der Waals surface area (Å²) in [5, 5.41) is 3.91. The molecule has 0 saturated carbocycles. The molecule has 2 aromatic heterocycles. The fraction of sp³-hybridized carbons (Fsp3) is 0. The largest absolute Gasteiger partial charge is 0.298 e. The zero-order chi connectivity index (χ0) is 9.10. The van der Waals surface area contributed by atoms with Crippen LogP contribution in [0.15, 0.2) is 31.1 Å². The van der Waals surface area contributed by atoms with Crippen LogP contribution in [0.4, 0.5) is 0 Å². The lowest BCUT2D eigenvalue weighted by Gasteiger charge is -1.98. The minimum absolute atomic E-state index is 0.521. The number of aldehydes is 1. The van der Waals surface area contributed by atoms with E-state index in [9.17, 15) is 4.79 Å². The van der Waals surface area contributed by atoms with Crippen molar-refractivity contribution in [3.8, 4) is 5.69 Å². The van der Waals surface area contributed by atoms with E-state index in [1.807, 2.05) is 0 Å². The number of carbonyl (C=O) groups excluding carboxylic acids is 1. The Morgan fingerprint density at radius 2 is 2.23 bits per heavy atom. The summed E-state index contributed by atoms with van der Waals surface area (Å²) in [5.74, 6) is 0. The lowest BCUT2D eigenvalue weighted by Crippen LogP contribution is -1.96. The highest BCUT2D eigenvalue weighted by Gasteiger charge is 1.97. The number of aromatic nitrogens is 4. The standard InChI is InChI=1S/C8H6N4O/c13-4-7-1-8(3-9-2-7)12-6-10-5-11-12/h1-6H. The lowest BCUT2D eigenvalue weighted by molar-refractivity contribution is 0.112. The average molecular weight is 174 g/mol. The van der Waals surface area contributed by atoms with Crippen LogP contribution in [0.2, 0.25) is 0 Å². The molecule has 2 aromatic rings. The summed E-state index contributed by atoms with van der Waals surface area (Å²) in [7, 11) is 0. The van der Waals surface area contributed by atoms with E-state index in [0.717, 1.165) is 12.0 Å². The summed E-state index contributed by atoms with van der Waals surface area (Å²) in [5.41, 5.74) is 1.25. The molecule has 0 aliphatic heterocycles. The van der Waals surface area contributed by atoms with Gasteiger partial charge in [0.2, 0.25) is 0 Å². The van der Waals surface area contributed by atoms with Gasteiger partial charge in [-0.15, -0.1) is 0 Å². The molecule has 2 rings (SSSR count). The maximum absolute atomic E-state index is 10.4. The Labute approximate surface area is 74.1 Å². The molecule has 5 heteroatoms. The van der Waals surface area contributed by atoms with E-state index in [0.29, 0.717) is 5.56 Å². The molecule has 13 heavy (non-hydrogen) atoms. The number of hydrogen-bond donors (Lipinski definition) is 0. The topological polar surface area (TPSA) is 60.7 Å². The van der Waals surface area contributed by atoms with Gasteiger partial charge < -0.3 is 0 Å². The fourth-order valence-electron chi connectivity index (χ4n) is 0.976. The molecule has 0 aromatic carbocycles. The smallest absolute Gasteiger partial charge is 0.151 e. The van der Waals surface area contributed by atoms with Gasteiger partial charge in [-0.05, 0) is 6.07 Å². The fourth-order valence-corrected chi connectivity index (χ4v) is 0.976. The summed E-state index contributed by atoms with van der Waals surface area (Å²) in [4.78, 5) is 18.1. The highest BCUT2D eigenvalue weighted by Crippen LogP contribution is 2.04. The lowest BCUT2D eigenvalue weighted by atomic mass is 10.3. The molecule has 0 N–H and O–H groups in total. The monoisotopic (exact) mass is 174 g/mol. The molecule has 0 radical (unpaired) electrons. The second-order valence-electron chi connectivity index (χ2n) is 2.43. The third-order valence-electron chi connectivity index (χ3n) is 1.56. The van der Waals surface area contributed by atoms with Crippen molar-refractivity contribution in [3.63, 3.8) is 0 Å². The highest BCUT2D eigenvalue weighted by atomic mass is 16.1. The minimum atomic E-state index is 0.521. The number of nitrogens with zero attached hydrogens (tertiary/aromatic N) is 4. The van der Waals surface area contributed by atoms with Crippen molar-refractivity contribution in [2.45, 2.75) is 0 Å². The first kappa shape index (κ1) is 7.60. The van der Waals surface area contributed by atoms with Crippen molar-refractivity contribution in [3.05, 3.63) is 36.7 Å². The maximum Gasteiger partial charge on any atom is 0.151 e. The van der Waals surface area contributed by atoms with E-state index in [1.54, 1.807) is 23.3 Å².